The molecule has 0 aliphatic carbocycles. The van der Waals surface area contributed by atoms with Crippen molar-refractivity contribution in [2.75, 3.05) is 20.0 Å². The van der Waals surface area contributed by atoms with E-state index in [1.165, 1.54) is 7.11 Å². The lowest BCUT2D eigenvalue weighted by molar-refractivity contribution is -0.194. The third-order valence-electron chi connectivity index (χ3n) is 4.83. The average molecular weight is 450 g/mol. The van der Waals surface area contributed by atoms with Crippen LogP contribution in [0.1, 0.15) is 11.7 Å². The highest BCUT2D eigenvalue weighted by Gasteiger charge is 2.67. The maximum absolute atomic E-state index is 13.0. The minimum absolute atomic E-state index is 0.0866. The van der Waals surface area contributed by atoms with Crippen molar-refractivity contribution in [1.82, 2.24) is 10.2 Å². The predicted octanol–water partition coefficient (Wildman–Crippen LogP) is -0.214. The second-order valence-electron chi connectivity index (χ2n) is 6.41. The van der Waals surface area contributed by atoms with Crippen LogP contribution in [-0.4, -0.2) is 71.3 Å². The van der Waals surface area contributed by atoms with Gasteiger partial charge in [-0.3, -0.25) is 19.3 Å². The summed E-state index contributed by atoms with van der Waals surface area (Å²) < 4.78 is 14.8. The van der Waals surface area contributed by atoms with E-state index in [4.69, 9.17) is 9.47 Å². The SMILES string of the molecule is COC(=O)C1=C(C(=O)O)N2C(=O)C(NC(=O)C(OC=O)c3ccccc3)(OC)[C@@H]2SC1. The molecule has 12 heteroatoms. The van der Waals surface area contributed by atoms with E-state index in [1.807, 2.05) is 0 Å². The molecule has 0 bridgehead atoms. The van der Waals surface area contributed by atoms with E-state index in [-0.39, 0.29) is 17.8 Å². The maximum Gasteiger partial charge on any atom is 0.353 e. The largest absolute Gasteiger partial charge is 0.477 e. The molecular weight excluding hydrogens is 432 g/mol. The predicted molar refractivity (Wildman–Crippen MR) is 104 cm³/mol. The molecule has 1 saturated heterocycles. The monoisotopic (exact) mass is 450 g/mol. The lowest BCUT2D eigenvalue weighted by Crippen LogP contribution is -2.81. The van der Waals surface area contributed by atoms with Gasteiger partial charge in [-0.25, -0.2) is 9.59 Å². The van der Waals surface area contributed by atoms with Crippen LogP contribution in [0.15, 0.2) is 41.6 Å². The Labute approximate surface area is 180 Å². The molecule has 1 fully saturated rings. The quantitative estimate of drug-likeness (QED) is 0.236. The van der Waals surface area contributed by atoms with Crippen molar-refractivity contribution in [1.29, 1.82) is 0 Å². The Balaban J connectivity index is 1.92. The van der Waals surface area contributed by atoms with E-state index in [1.54, 1.807) is 30.3 Å². The Hall–Kier alpha value is -3.38. The molecule has 2 aliphatic heterocycles. The van der Waals surface area contributed by atoms with Crippen molar-refractivity contribution in [3.63, 3.8) is 0 Å². The number of hydrogen-bond donors (Lipinski definition) is 2. The molecule has 1 aromatic rings. The lowest BCUT2D eigenvalue weighted by Gasteiger charge is -2.55. The van der Waals surface area contributed by atoms with Gasteiger partial charge in [-0.15, -0.1) is 11.8 Å². The fourth-order valence-corrected chi connectivity index (χ4v) is 4.80. The second-order valence-corrected chi connectivity index (χ2v) is 7.48. The van der Waals surface area contributed by atoms with Crippen LogP contribution in [0, 0.1) is 0 Å². The number of carbonyl (C=O) groups is 5. The summed E-state index contributed by atoms with van der Waals surface area (Å²) in [6, 6.07) is 8.11. The zero-order valence-corrected chi connectivity index (χ0v) is 17.2. The number of carbonyl (C=O) groups excluding carboxylic acids is 4. The summed E-state index contributed by atoms with van der Waals surface area (Å²) >= 11 is 1.02. The summed E-state index contributed by atoms with van der Waals surface area (Å²) in [7, 11) is 2.27. The molecule has 164 valence electrons. The minimum Gasteiger partial charge on any atom is -0.477 e. The minimum atomic E-state index is -1.91. The lowest BCUT2D eigenvalue weighted by atomic mass is 9.97. The van der Waals surface area contributed by atoms with Crippen molar-refractivity contribution in [2.24, 2.45) is 0 Å². The number of aliphatic carboxylic acids is 1. The third kappa shape index (κ3) is 3.64. The van der Waals surface area contributed by atoms with Gasteiger partial charge in [-0.2, -0.15) is 0 Å². The van der Waals surface area contributed by atoms with Gasteiger partial charge in [0.15, 0.2) is 0 Å². The van der Waals surface area contributed by atoms with Crippen LogP contribution >= 0.6 is 11.8 Å². The van der Waals surface area contributed by atoms with E-state index < -0.39 is 46.7 Å². The van der Waals surface area contributed by atoms with Gasteiger partial charge in [0.25, 0.3) is 24.0 Å². The molecule has 0 aromatic heterocycles. The Kier molecular flexibility index (Phi) is 6.32. The number of fused-ring (bicyclic) bond motifs is 1. The number of hydrogen-bond acceptors (Lipinski definition) is 9. The van der Waals surface area contributed by atoms with Crippen molar-refractivity contribution in [3.05, 3.63) is 47.2 Å². The second kappa shape index (κ2) is 8.78. The number of methoxy groups -OCH3 is 2. The van der Waals surface area contributed by atoms with Crippen LogP contribution in [0.5, 0.6) is 0 Å². The first-order chi connectivity index (χ1) is 14.8. The Morgan fingerprint density at radius 2 is 1.97 bits per heavy atom. The number of esters is 1. The van der Waals surface area contributed by atoms with Gasteiger partial charge < -0.3 is 24.6 Å². The maximum atomic E-state index is 13.0. The molecule has 2 N–H and O–H groups in total. The normalized spacial score (nSPS) is 23.2. The molecule has 3 atom stereocenters. The molecule has 0 radical (unpaired) electrons. The topological polar surface area (TPSA) is 149 Å². The van der Waals surface area contributed by atoms with Crippen molar-refractivity contribution in [2.45, 2.75) is 17.2 Å². The Morgan fingerprint density at radius 1 is 1.29 bits per heavy atom. The number of nitrogens with one attached hydrogen (secondary N) is 1. The fraction of sp³-hybridized carbons (Fsp3) is 0.316. The molecule has 0 spiro atoms. The summed E-state index contributed by atoms with van der Waals surface area (Å²) in [6.45, 7) is 0.106. The fourth-order valence-electron chi connectivity index (χ4n) is 3.38. The average Bonchev–Trinajstić information content (AvgIpc) is 2.79. The van der Waals surface area contributed by atoms with Gasteiger partial charge in [0, 0.05) is 18.4 Å². The molecule has 0 saturated carbocycles. The zero-order chi connectivity index (χ0) is 22.8. The highest BCUT2D eigenvalue weighted by molar-refractivity contribution is 8.00. The standard InChI is InChI=1S/C19H18N2O9S/c1-28-16(26)11-8-31-18-19(29-2,17(27)21(18)12(11)15(24)25)20-14(23)13(30-9-22)10-6-4-3-5-7-10/h3-7,9,13,18H,8H2,1-2H3,(H,20,23)(H,24,25)/t13?,18-,19?/m0/s1. The Morgan fingerprint density at radius 3 is 2.52 bits per heavy atom. The Bertz CT molecular complexity index is 964. The van der Waals surface area contributed by atoms with Crippen LogP contribution in [0.2, 0.25) is 0 Å². The van der Waals surface area contributed by atoms with E-state index in [9.17, 15) is 29.1 Å². The van der Waals surface area contributed by atoms with Gasteiger partial charge in [-0.05, 0) is 0 Å². The number of carboxylic acid groups (broad SMARTS) is 1. The van der Waals surface area contributed by atoms with E-state index in [0.29, 0.717) is 5.56 Å². The van der Waals surface area contributed by atoms with Gasteiger partial charge in [0.1, 0.15) is 11.1 Å². The smallest absolute Gasteiger partial charge is 0.353 e. The molecule has 31 heavy (non-hydrogen) atoms. The van der Waals surface area contributed by atoms with Crippen molar-refractivity contribution < 1.29 is 43.3 Å². The highest BCUT2D eigenvalue weighted by Crippen LogP contribution is 2.47. The van der Waals surface area contributed by atoms with Crippen LogP contribution in [0.3, 0.4) is 0 Å². The summed E-state index contributed by atoms with van der Waals surface area (Å²) in [6.07, 6.45) is -1.36. The molecule has 2 amide bonds. The van der Waals surface area contributed by atoms with Crippen molar-refractivity contribution in [3.8, 4) is 0 Å². The highest BCUT2D eigenvalue weighted by atomic mass is 32.2. The summed E-state index contributed by atoms with van der Waals surface area (Å²) in [5.41, 5.74) is -2.28. The molecule has 2 heterocycles. The number of nitrogens with zero attached hydrogens (tertiary/aromatic N) is 1. The van der Waals surface area contributed by atoms with Crippen LogP contribution in [0.4, 0.5) is 0 Å². The number of ether oxygens (including phenoxy) is 3. The van der Waals surface area contributed by atoms with Crippen LogP contribution in [0.25, 0.3) is 0 Å². The van der Waals surface area contributed by atoms with Gasteiger partial charge in [0.05, 0.1) is 12.7 Å². The molecule has 2 aliphatic rings. The number of benzene rings is 1. The first-order valence-electron chi connectivity index (χ1n) is 8.83. The zero-order valence-electron chi connectivity index (χ0n) is 16.4. The number of β-lactam (4-membered cyclic amide) rings is 1. The molecule has 2 unspecified atom stereocenters. The summed E-state index contributed by atoms with van der Waals surface area (Å²) in [5, 5.41) is 11.0. The number of rotatable bonds is 8. The number of amides is 2. The number of carboxylic acids is 1. The number of thioether (sulfide) groups is 1. The van der Waals surface area contributed by atoms with Gasteiger partial charge in [-0.1, -0.05) is 30.3 Å². The molecule has 1 aromatic carbocycles. The van der Waals surface area contributed by atoms with Gasteiger partial charge >= 0.3 is 11.9 Å². The summed E-state index contributed by atoms with van der Waals surface area (Å²) in [4.78, 5) is 61.4. The molecular formula is C19H18N2O9S. The van der Waals surface area contributed by atoms with Gasteiger partial charge in [0.2, 0.25) is 6.10 Å². The van der Waals surface area contributed by atoms with E-state index in [0.717, 1.165) is 23.8 Å². The first kappa shape index (κ1) is 22.3. The molecule has 3 rings (SSSR count). The van der Waals surface area contributed by atoms with Crippen molar-refractivity contribution >= 4 is 42.0 Å². The van der Waals surface area contributed by atoms with Crippen LogP contribution in [-0.2, 0) is 38.2 Å². The van der Waals surface area contributed by atoms with E-state index >= 15 is 0 Å². The van der Waals surface area contributed by atoms with E-state index in [2.05, 4.69) is 10.1 Å². The first-order valence-corrected chi connectivity index (χ1v) is 9.88. The van der Waals surface area contributed by atoms with Crippen LogP contribution < -0.4 is 5.32 Å². The molecule has 11 nitrogen and oxygen atoms in total. The third-order valence-corrected chi connectivity index (χ3v) is 6.14. The summed E-state index contributed by atoms with van der Waals surface area (Å²) in [5.74, 6) is -4.19.